The van der Waals surface area contributed by atoms with Crippen LogP contribution in [0.2, 0.25) is 0 Å². The van der Waals surface area contributed by atoms with Gasteiger partial charge < -0.3 is 9.80 Å². The molecule has 0 bridgehead atoms. The van der Waals surface area contributed by atoms with Crippen molar-refractivity contribution in [2.45, 2.75) is 6.54 Å². The van der Waals surface area contributed by atoms with E-state index in [9.17, 15) is 4.79 Å². The molecule has 1 aliphatic rings. The molecule has 1 fully saturated rings. The molecule has 1 aliphatic heterocycles. The van der Waals surface area contributed by atoms with Crippen LogP contribution in [-0.4, -0.2) is 77.7 Å². The summed E-state index contributed by atoms with van der Waals surface area (Å²) in [5, 5.41) is 4.21. The van der Waals surface area contributed by atoms with Crippen LogP contribution in [0.3, 0.4) is 0 Å². The molecule has 1 saturated heterocycles. The Balaban J connectivity index is 2.03. The summed E-state index contributed by atoms with van der Waals surface area (Å²) in [7, 11) is 7.68. The van der Waals surface area contributed by atoms with Gasteiger partial charge in [0.2, 0.25) is 5.91 Å². The van der Waals surface area contributed by atoms with Crippen molar-refractivity contribution < 1.29 is 4.79 Å². The molecule has 0 aliphatic carbocycles. The SMILES string of the molecule is CN1CCN(Cc2cnn(C)c2)CC(C(=O)N(C)C)C1. The van der Waals surface area contributed by atoms with E-state index in [2.05, 4.69) is 21.9 Å². The van der Waals surface area contributed by atoms with E-state index in [-0.39, 0.29) is 11.8 Å². The number of aryl methyl sites for hydroxylation is 1. The van der Waals surface area contributed by atoms with E-state index < -0.39 is 0 Å². The molecule has 1 amide bonds. The zero-order chi connectivity index (χ0) is 14.7. The number of carbonyl (C=O) groups excluding carboxylic acids is 1. The Kier molecular flexibility index (Phi) is 4.77. The second-order valence-corrected chi connectivity index (χ2v) is 5.95. The first-order valence-corrected chi connectivity index (χ1v) is 7.05. The van der Waals surface area contributed by atoms with Crippen LogP contribution in [0.25, 0.3) is 0 Å². The van der Waals surface area contributed by atoms with Gasteiger partial charge in [-0.2, -0.15) is 5.10 Å². The molecule has 0 spiro atoms. The summed E-state index contributed by atoms with van der Waals surface area (Å²) in [5.74, 6) is 0.268. The Labute approximate surface area is 120 Å². The molecule has 1 atom stereocenters. The van der Waals surface area contributed by atoms with Crippen molar-refractivity contribution in [2.75, 3.05) is 47.3 Å². The second-order valence-electron chi connectivity index (χ2n) is 5.95. The number of hydrogen-bond donors (Lipinski definition) is 0. The van der Waals surface area contributed by atoms with Crippen molar-refractivity contribution in [1.82, 2.24) is 24.5 Å². The first-order chi connectivity index (χ1) is 9.45. The van der Waals surface area contributed by atoms with Gasteiger partial charge in [0.05, 0.1) is 12.1 Å². The summed E-state index contributed by atoms with van der Waals surface area (Å²) in [6, 6.07) is 0. The molecule has 0 N–H and O–H groups in total. The Morgan fingerprint density at radius 2 is 2.10 bits per heavy atom. The van der Waals surface area contributed by atoms with Crippen LogP contribution in [0, 0.1) is 5.92 Å². The molecule has 112 valence electrons. The summed E-state index contributed by atoms with van der Waals surface area (Å²) < 4.78 is 1.82. The minimum atomic E-state index is 0.0502. The van der Waals surface area contributed by atoms with Crippen LogP contribution < -0.4 is 0 Å². The van der Waals surface area contributed by atoms with Gasteiger partial charge in [0.1, 0.15) is 0 Å². The predicted octanol–water partition coefficient (Wildman–Crippen LogP) is -0.128. The molecule has 0 radical (unpaired) electrons. The smallest absolute Gasteiger partial charge is 0.227 e. The first-order valence-electron chi connectivity index (χ1n) is 7.05. The fourth-order valence-electron chi connectivity index (χ4n) is 2.72. The van der Waals surface area contributed by atoms with Crippen LogP contribution in [0.1, 0.15) is 5.56 Å². The third kappa shape index (κ3) is 3.80. The molecule has 20 heavy (non-hydrogen) atoms. The predicted molar refractivity (Wildman–Crippen MR) is 78.2 cm³/mol. The molecule has 1 unspecified atom stereocenters. The Hall–Kier alpha value is -1.40. The van der Waals surface area contributed by atoms with Crippen LogP contribution in [-0.2, 0) is 18.4 Å². The maximum atomic E-state index is 12.3. The van der Waals surface area contributed by atoms with Gasteiger partial charge in [-0.05, 0) is 7.05 Å². The lowest BCUT2D eigenvalue weighted by Gasteiger charge is -2.25. The molecule has 0 aromatic carbocycles. The van der Waals surface area contributed by atoms with Gasteiger partial charge in [-0.15, -0.1) is 0 Å². The highest BCUT2D eigenvalue weighted by Gasteiger charge is 2.27. The summed E-state index contributed by atoms with van der Waals surface area (Å²) in [6.45, 7) is 4.50. The fourth-order valence-corrected chi connectivity index (χ4v) is 2.72. The van der Waals surface area contributed by atoms with E-state index in [1.807, 2.05) is 38.2 Å². The first kappa shape index (κ1) is 15.0. The number of rotatable bonds is 3. The average Bonchev–Trinajstić information content (AvgIpc) is 2.69. The van der Waals surface area contributed by atoms with E-state index in [0.717, 1.165) is 32.7 Å². The van der Waals surface area contributed by atoms with E-state index in [1.165, 1.54) is 5.56 Å². The zero-order valence-corrected chi connectivity index (χ0v) is 12.9. The van der Waals surface area contributed by atoms with Crippen molar-refractivity contribution in [3.05, 3.63) is 18.0 Å². The monoisotopic (exact) mass is 279 g/mol. The minimum Gasteiger partial charge on any atom is -0.348 e. The Morgan fingerprint density at radius 1 is 1.35 bits per heavy atom. The quantitative estimate of drug-likeness (QED) is 0.773. The number of aromatic nitrogens is 2. The molecule has 6 heteroatoms. The third-order valence-electron chi connectivity index (χ3n) is 3.76. The maximum absolute atomic E-state index is 12.3. The molecule has 1 aromatic rings. The maximum Gasteiger partial charge on any atom is 0.227 e. The largest absolute Gasteiger partial charge is 0.348 e. The molecule has 6 nitrogen and oxygen atoms in total. The summed E-state index contributed by atoms with van der Waals surface area (Å²) in [4.78, 5) is 18.6. The molecule has 2 rings (SSSR count). The lowest BCUT2D eigenvalue weighted by atomic mass is 10.1. The van der Waals surface area contributed by atoms with Crippen molar-refractivity contribution >= 4 is 5.91 Å². The fraction of sp³-hybridized carbons (Fsp3) is 0.714. The van der Waals surface area contributed by atoms with Crippen LogP contribution >= 0.6 is 0 Å². The van der Waals surface area contributed by atoms with Gasteiger partial charge in [0.25, 0.3) is 0 Å². The van der Waals surface area contributed by atoms with Gasteiger partial charge in [-0.3, -0.25) is 14.4 Å². The highest BCUT2D eigenvalue weighted by Crippen LogP contribution is 2.13. The van der Waals surface area contributed by atoms with E-state index in [4.69, 9.17) is 0 Å². The Morgan fingerprint density at radius 3 is 2.70 bits per heavy atom. The summed E-state index contributed by atoms with van der Waals surface area (Å²) in [5.41, 5.74) is 1.20. The third-order valence-corrected chi connectivity index (χ3v) is 3.76. The lowest BCUT2D eigenvalue weighted by molar-refractivity contribution is -0.133. The average molecular weight is 279 g/mol. The van der Waals surface area contributed by atoms with Gasteiger partial charge in [0.15, 0.2) is 0 Å². The molecular weight excluding hydrogens is 254 g/mol. The standard InChI is InChI=1S/C14H25N5O/c1-16(2)14(20)13-10-17(3)5-6-19(11-13)9-12-7-15-18(4)8-12/h7-8,13H,5-6,9-11H2,1-4H3. The van der Waals surface area contributed by atoms with Crippen molar-refractivity contribution in [1.29, 1.82) is 0 Å². The van der Waals surface area contributed by atoms with E-state index in [0.29, 0.717) is 0 Å². The zero-order valence-electron chi connectivity index (χ0n) is 12.9. The number of nitrogens with zero attached hydrogens (tertiary/aromatic N) is 5. The normalized spacial score (nSPS) is 21.7. The van der Waals surface area contributed by atoms with Crippen molar-refractivity contribution in [3.8, 4) is 0 Å². The number of amides is 1. The van der Waals surface area contributed by atoms with Gasteiger partial charge in [0, 0.05) is 65.6 Å². The number of likely N-dealkylation sites (N-methyl/N-ethyl adjacent to an activating group) is 1. The topological polar surface area (TPSA) is 44.6 Å². The van der Waals surface area contributed by atoms with Gasteiger partial charge >= 0.3 is 0 Å². The lowest BCUT2D eigenvalue weighted by Crippen LogP contribution is -2.39. The second kappa shape index (κ2) is 6.37. The molecule has 1 aromatic heterocycles. The van der Waals surface area contributed by atoms with Crippen molar-refractivity contribution in [3.63, 3.8) is 0 Å². The summed E-state index contributed by atoms with van der Waals surface area (Å²) >= 11 is 0. The molecule has 0 saturated carbocycles. The van der Waals surface area contributed by atoms with Crippen molar-refractivity contribution in [2.24, 2.45) is 13.0 Å². The highest BCUT2D eigenvalue weighted by atomic mass is 16.2. The van der Waals surface area contributed by atoms with Gasteiger partial charge in [-0.25, -0.2) is 0 Å². The van der Waals surface area contributed by atoms with E-state index >= 15 is 0 Å². The Bertz CT molecular complexity index is 456. The number of carbonyl (C=O) groups is 1. The number of hydrogen-bond acceptors (Lipinski definition) is 4. The molecule has 2 heterocycles. The summed E-state index contributed by atoms with van der Waals surface area (Å²) in [6.07, 6.45) is 3.94. The van der Waals surface area contributed by atoms with Crippen LogP contribution in [0.15, 0.2) is 12.4 Å². The highest BCUT2D eigenvalue weighted by molar-refractivity contribution is 5.78. The van der Waals surface area contributed by atoms with E-state index in [1.54, 1.807) is 4.90 Å². The van der Waals surface area contributed by atoms with Crippen LogP contribution in [0.5, 0.6) is 0 Å². The van der Waals surface area contributed by atoms with Gasteiger partial charge in [-0.1, -0.05) is 0 Å². The molecular formula is C14H25N5O. The minimum absolute atomic E-state index is 0.0502. The van der Waals surface area contributed by atoms with Crippen LogP contribution in [0.4, 0.5) is 0 Å².